The molecule has 0 atom stereocenters. The summed E-state index contributed by atoms with van der Waals surface area (Å²) in [7, 11) is 0. The molecule has 0 saturated heterocycles. The highest BCUT2D eigenvalue weighted by Crippen LogP contribution is 2.14. The number of aliphatic carboxylic acids is 1. The van der Waals surface area contributed by atoms with E-state index in [-0.39, 0.29) is 30.1 Å². The normalized spacial score (nSPS) is 11.6. The summed E-state index contributed by atoms with van der Waals surface area (Å²) in [4.78, 5) is 28.4. The van der Waals surface area contributed by atoms with Crippen LogP contribution in [0.4, 0.5) is 13.2 Å². The van der Waals surface area contributed by atoms with Crippen molar-refractivity contribution in [3.8, 4) is 0 Å². The van der Waals surface area contributed by atoms with Crippen LogP contribution in [0.2, 0.25) is 0 Å². The van der Waals surface area contributed by atoms with Gasteiger partial charge in [-0.05, 0) is 6.92 Å². The van der Waals surface area contributed by atoms with Crippen LogP contribution in [0.15, 0.2) is 4.79 Å². The second kappa shape index (κ2) is 6.51. The van der Waals surface area contributed by atoms with Crippen molar-refractivity contribution in [2.24, 2.45) is 0 Å². The van der Waals surface area contributed by atoms with E-state index in [0.29, 0.717) is 0 Å². The SMILES string of the molecule is Cc1nc(CCOCC(F)(F)F)[nH]c(=O)c1CC(=O)O. The molecule has 0 aliphatic heterocycles. The standard InChI is InChI=1S/C11H13F3N2O4/c1-6-7(4-9(17)18)10(19)16-8(15-6)2-3-20-5-11(12,13)14/h2-5H2,1H3,(H,17,18)(H,15,16,19). The average Bonchev–Trinajstić information content (AvgIpc) is 2.28. The number of hydrogen-bond donors (Lipinski definition) is 2. The zero-order valence-electron chi connectivity index (χ0n) is 10.6. The summed E-state index contributed by atoms with van der Waals surface area (Å²) in [6.07, 6.45) is -4.86. The number of carboxylic acids is 1. The van der Waals surface area contributed by atoms with Gasteiger partial charge in [0, 0.05) is 17.7 Å². The molecule has 0 unspecified atom stereocenters. The number of alkyl halides is 3. The van der Waals surface area contributed by atoms with Crippen molar-refractivity contribution in [1.82, 2.24) is 9.97 Å². The Morgan fingerprint density at radius 2 is 2.10 bits per heavy atom. The molecule has 6 nitrogen and oxygen atoms in total. The summed E-state index contributed by atoms with van der Waals surface area (Å²) in [5, 5.41) is 8.63. The van der Waals surface area contributed by atoms with Crippen molar-refractivity contribution in [2.45, 2.75) is 25.9 Å². The average molecular weight is 294 g/mol. The maximum atomic E-state index is 11.8. The lowest BCUT2D eigenvalue weighted by molar-refractivity contribution is -0.173. The molecule has 9 heteroatoms. The van der Waals surface area contributed by atoms with Crippen LogP contribution in [0, 0.1) is 6.92 Å². The van der Waals surface area contributed by atoms with Crippen molar-refractivity contribution in [3.05, 3.63) is 27.4 Å². The maximum Gasteiger partial charge on any atom is 0.411 e. The van der Waals surface area contributed by atoms with Crippen molar-refractivity contribution in [1.29, 1.82) is 0 Å². The van der Waals surface area contributed by atoms with Crippen LogP contribution in [0.3, 0.4) is 0 Å². The Kier molecular flexibility index (Phi) is 5.26. The highest BCUT2D eigenvalue weighted by Gasteiger charge is 2.27. The molecule has 0 amide bonds. The fraction of sp³-hybridized carbons (Fsp3) is 0.545. The van der Waals surface area contributed by atoms with E-state index >= 15 is 0 Å². The molecule has 0 aromatic carbocycles. The largest absolute Gasteiger partial charge is 0.481 e. The van der Waals surface area contributed by atoms with Gasteiger partial charge < -0.3 is 14.8 Å². The van der Waals surface area contributed by atoms with Crippen LogP contribution in [0.1, 0.15) is 17.1 Å². The number of aromatic amines is 1. The fourth-order valence-corrected chi connectivity index (χ4v) is 1.50. The van der Waals surface area contributed by atoms with Gasteiger partial charge in [0.05, 0.1) is 13.0 Å². The Balaban J connectivity index is 2.65. The van der Waals surface area contributed by atoms with Gasteiger partial charge in [-0.15, -0.1) is 0 Å². The molecule has 20 heavy (non-hydrogen) atoms. The first-order valence-corrected chi connectivity index (χ1v) is 5.64. The van der Waals surface area contributed by atoms with Gasteiger partial charge in [0.1, 0.15) is 12.4 Å². The Labute approximate surface area is 111 Å². The van der Waals surface area contributed by atoms with Gasteiger partial charge in [-0.2, -0.15) is 13.2 Å². The third-order valence-corrected chi connectivity index (χ3v) is 2.35. The Hall–Kier alpha value is -1.90. The van der Waals surface area contributed by atoms with Crippen LogP contribution in [-0.4, -0.2) is 40.4 Å². The molecule has 1 aromatic rings. The van der Waals surface area contributed by atoms with E-state index in [9.17, 15) is 22.8 Å². The van der Waals surface area contributed by atoms with Gasteiger partial charge in [0.2, 0.25) is 0 Å². The summed E-state index contributed by atoms with van der Waals surface area (Å²) in [5.74, 6) is -1.01. The Bertz CT molecular complexity index is 539. The van der Waals surface area contributed by atoms with Gasteiger partial charge in [-0.3, -0.25) is 9.59 Å². The minimum Gasteiger partial charge on any atom is -0.481 e. The molecule has 0 spiro atoms. The molecule has 0 saturated carbocycles. The molecule has 0 aliphatic rings. The van der Waals surface area contributed by atoms with Crippen LogP contribution in [0.25, 0.3) is 0 Å². The summed E-state index contributed by atoms with van der Waals surface area (Å²) < 4.78 is 39.9. The van der Waals surface area contributed by atoms with E-state index in [4.69, 9.17) is 5.11 Å². The Morgan fingerprint density at radius 1 is 1.45 bits per heavy atom. The van der Waals surface area contributed by atoms with Crippen molar-refractivity contribution in [2.75, 3.05) is 13.2 Å². The third kappa shape index (κ3) is 5.39. The van der Waals surface area contributed by atoms with E-state index in [1.807, 2.05) is 0 Å². The van der Waals surface area contributed by atoms with Crippen LogP contribution >= 0.6 is 0 Å². The van der Waals surface area contributed by atoms with E-state index in [1.54, 1.807) is 0 Å². The molecule has 2 N–H and O–H groups in total. The molecular formula is C11H13F3N2O4. The van der Waals surface area contributed by atoms with Crippen molar-refractivity contribution in [3.63, 3.8) is 0 Å². The molecule has 0 radical (unpaired) electrons. The quantitative estimate of drug-likeness (QED) is 0.758. The van der Waals surface area contributed by atoms with Crippen LogP contribution in [0.5, 0.6) is 0 Å². The lowest BCUT2D eigenvalue weighted by Gasteiger charge is -2.08. The smallest absolute Gasteiger partial charge is 0.411 e. The number of rotatable bonds is 6. The number of nitrogens with zero attached hydrogens (tertiary/aromatic N) is 1. The minimum absolute atomic E-state index is 0.000485. The molecule has 1 rings (SSSR count). The fourth-order valence-electron chi connectivity index (χ4n) is 1.50. The number of hydrogen-bond acceptors (Lipinski definition) is 4. The van der Waals surface area contributed by atoms with Crippen molar-refractivity contribution < 1.29 is 27.8 Å². The number of aryl methyl sites for hydroxylation is 1. The maximum absolute atomic E-state index is 11.8. The molecule has 1 aromatic heterocycles. The van der Waals surface area contributed by atoms with E-state index < -0.39 is 30.7 Å². The van der Waals surface area contributed by atoms with E-state index in [2.05, 4.69) is 14.7 Å². The number of halogens is 3. The summed E-state index contributed by atoms with van der Waals surface area (Å²) in [6.45, 7) is -0.152. The predicted octanol–water partition coefficient (Wildman–Crippen LogP) is 0.827. The number of nitrogens with one attached hydrogen (secondary N) is 1. The van der Waals surface area contributed by atoms with E-state index in [1.165, 1.54) is 6.92 Å². The van der Waals surface area contributed by atoms with Gasteiger partial charge in [-0.25, -0.2) is 4.98 Å². The van der Waals surface area contributed by atoms with Crippen LogP contribution < -0.4 is 5.56 Å². The third-order valence-electron chi connectivity index (χ3n) is 2.35. The molecule has 1 heterocycles. The lowest BCUT2D eigenvalue weighted by atomic mass is 10.1. The highest BCUT2D eigenvalue weighted by molar-refractivity contribution is 5.70. The summed E-state index contributed by atoms with van der Waals surface area (Å²) in [5.41, 5.74) is -0.342. The minimum atomic E-state index is -4.40. The second-order valence-electron chi connectivity index (χ2n) is 4.06. The Morgan fingerprint density at radius 3 is 2.60 bits per heavy atom. The van der Waals surface area contributed by atoms with Crippen LogP contribution in [-0.2, 0) is 22.4 Å². The zero-order valence-corrected chi connectivity index (χ0v) is 10.6. The topological polar surface area (TPSA) is 92.3 Å². The highest BCUT2D eigenvalue weighted by atomic mass is 19.4. The van der Waals surface area contributed by atoms with Gasteiger partial charge in [0.25, 0.3) is 5.56 Å². The molecule has 0 aliphatic carbocycles. The summed E-state index contributed by atoms with van der Waals surface area (Å²) >= 11 is 0. The first-order chi connectivity index (χ1) is 9.19. The van der Waals surface area contributed by atoms with Gasteiger partial charge in [-0.1, -0.05) is 0 Å². The molecule has 0 bridgehead atoms. The number of carboxylic acid groups (broad SMARTS) is 1. The number of aromatic nitrogens is 2. The molecule has 0 fully saturated rings. The molecular weight excluding hydrogens is 281 g/mol. The lowest BCUT2D eigenvalue weighted by Crippen LogP contribution is -2.23. The first kappa shape index (κ1) is 16.2. The summed E-state index contributed by atoms with van der Waals surface area (Å²) in [6, 6.07) is 0. The predicted molar refractivity (Wildman–Crippen MR) is 61.5 cm³/mol. The van der Waals surface area contributed by atoms with Crippen molar-refractivity contribution >= 4 is 5.97 Å². The van der Waals surface area contributed by atoms with Gasteiger partial charge >= 0.3 is 12.1 Å². The van der Waals surface area contributed by atoms with Gasteiger partial charge in [0.15, 0.2) is 0 Å². The number of H-pyrrole nitrogens is 1. The number of ether oxygens (including phenoxy) is 1. The first-order valence-electron chi connectivity index (χ1n) is 5.64. The number of carbonyl (C=O) groups is 1. The monoisotopic (exact) mass is 294 g/mol. The zero-order chi connectivity index (χ0) is 15.3. The molecule has 112 valence electrons. The second-order valence-corrected chi connectivity index (χ2v) is 4.06. The van der Waals surface area contributed by atoms with E-state index in [0.717, 1.165) is 0 Å².